The number of phenols is 1. The van der Waals surface area contributed by atoms with Gasteiger partial charge in [0, 0.05) is 28.2 Å². The number of hydrogen-bond donors (Lipinski definition) is 2. The molecule has 1 aliphatic rings. The van der Waals surface area contributed by atoms with E-state index >= 15 is 0 Å². The van der Waals surface area contributed by atoms with E-state index < -0.39 is 0 Å². The number of aromatic hydroxyl groups is 1. The molecule has 0 aliphatic carbocycles. The van der Waals surface area contributed by atoms with Gasteiger partial charge in [-0.05, 0) is 35.4 Å². The van der Waals surface area contributed by atoms with Crippen molar-refractivity contribution in [3.8, 4) is 22.6 Å². The first-order valence-electron chi connectivity index (χ1n) is 8.00. The fraction of sp³-hybridized carbons (Fsp3) is 0.150. The van der Waals surface area contributed by atoms with Crippen molar-refractivity contribution in [1.29, 1.82) is 0 Å². The molecule has 4 nitrogen and oxygen atoms in total. The average Bonchev–Trinajstić information content (AvgIpc) is 3.04. The van der Waals surface area contributed by atoms with Crippen LogP contribution in [0, 0.1) is 0 Å². The van der Waals surface area contributed by atoms with Gasteiger partial charge in [-0.1, -0.05) is 24.3 Å². The highest BCUT2D eigenvalue weighted by Crippen LogP contribution is 2.46. The summed E-state index contributed by atoms with van der Waals surface area (Å²) in [6, 6.07) is 15.0. The highest BCUT2D eigenvalue weighted by Gasteiger charge is 2.30. The Morgan fingerprint density at radius 3 is 2.72 bits per heavy atom. The number of nitrogens with one attached hydrogen (secondary N) is 1. The Kier molecular flexibility index (Phi) is 3.93. The molecule has 1 aliphatic heterocycles. The van der Waals surface area contributed by atoms with Gasteiger partial charge in [0.15, 0.2) is 0 Å². The summed E-state index contributed by atoms with van der Waals surface area (Å²) in [4.78, 5) is 13.4. The lowest BCUT2D eigenvalue weighted by Gasteiger charge is -2.24. The van der Waals surface area contributed by atoms with Crippen LogP contribution < -0.4 is 10.1 Å². The first-order valence-corrected chi connectivity index (χ1v) is 8.88. The van der Waals surface area contributed by atoms with E-state index in [1.807, 2.05) is 36.4 Å². The lowest BCUT2D eigenvalue weighted by molar-refractivity contribution is -0.116. The van der Waals surface area contributed by atoms with Crippen molar-refractivity contribution in [2.24, 2.45) is 0 Å². The van der Waals surface area contributed by atoms with Gasteiger partial charge in [-0.15, -0.1) is 11.3 Å². The fourth-order valence-corrected chi connectivity index (χ4v) is 4.38. The second-order valence-electron chi connectivity index (χ2n) is 6.02. The summed E-state index contributed by atoms with van der Waals surface area (Å²) in [6.45, 7) is 0. The average molecular weight is 351 g/mol. The first kappa shape index (κ1) is 15.7. The van der Waals surface area contributed by atoms with Crippen molar-refractivity contribution in [1.82, 2.24) is 0 Å². The normalized spacial score (nSPS) is 16.2. The number of phenolic OH excluding ortho intramolecular Hbond substituents is 1. The molecule has 2 aromatic carbocycles. The molecule has 2 heterocycles. The predicted octanol–water partition coefficient (Wildman–Crippen LogP) is 4.60. The Hall–Kier alpha value is -2.79. The number of thiophene rings is 1. The lowest BCUT2D eigenvalue weighted by atomic mass is 9.89. The Labute approximate surface area is 149 Å². The van der Waals surface area contributed by atoms with E-state index in [1.54, 1.807) is 30.6 Å². The zero-order valence-corrected chi connectivity index (χ0v) is 14.5. The third-order valence-corrected chi connectivity index (χ3v) is 5.56. The summed E-state index contributed by atoms with van der Waals surface area (Å²) in [5.41, 5.74) is 3.88. The number of rotatable bonds is 3. The highest BCUT2D eigenvalue weighted by molar-refractivity contribution is 7.11. The van der Waals surface area contributed by atoms with Crippen LogP contribution in [0.5, 0.6) is 11.5 Å². The second-order valence-corrected chi connectivity index (χ2v) is 6.93. The first-order chi connectivity index (χ1) is 12.2. The van der Waals surface area contributed by atoms with Crippen molar-refractivity contribution >= 4 is 22.9 Å². The van der Waals surface area contributed by atoms with Crippen LogP contribution in [0.2, 0.25) is 0 Å². The van der Waals surface area contributed by atoms with E-state index in [4.69, 9.17) is 4.74 Å². The Bertz CT molecular complexity index is 930. The van der Waals surface area contributed by atoms with Crippen LogP contribution in [0.3, 0.4) is 0 Å². The van der Waals surface area contributed by atoms with Crippen molar-refractivity contribution in [2.45, 2.75) is 12.3 Å². The molecule has 126 valence electrons. The number of carbonyl (C=O) groups is 1. The summed E-state index contributed by atoms with van der Waals surface area (Å²) in [5, 5.41) is 14.9. The number of fused-ring (bicyclic) bond motifs is 1. The minimum Gasteiger partial charge on any atom is -0.508 e. The monoisotopic (exact) mass is 351 g/mol. The lowest BCUT2D eigenvalue weighted by Crippen LogP contribution is -2.22. The number of anilines is 1. The third kappa shape index (κ3) is 2.87. The van der Waals surface area contributed by atoms with Gasteiger partial charge < -0.3 is 15.2 Å². The van der Waals surface area contributed by atoms with Gasteiger partial charge in [-0.25, -0.2) is 0 Å². The van der Waals surface area contributed by atoms with E-state index in [2.05, 4.69) is 10.7 Å². The van der Waals surface area contributed by atoms with Gasteiger partial charge >= 0.3 is 0 Å². The van der Waals surface area contributed by atoms with E-state index in [0.717, 1.165) is 33.0 Å². The van der Waals surface area contributed by atoms with Crippen LogP contribution in [0.15, 0.2) is 53.9 Å². The third-order valence-electron chi connectivity index (χ3n) is 4.46. The Morgan fingerprint density at radius 1 is 1.20 bits per heavy atom. The quantitative estimate of drug-likeness (QED) is 0.725. The molecule has 4 rings (SSSR count). The molecule has 0 saturated carbocycles. The van der Waals surface area contributed by atoms with Gasteiger partial charge in [0.2, 0.25) is 5.91 Å². The molecule has 1 atom stereocenters. The Balaban J connectivity index is 1.78. The maximum absolute atomic E-state index is 12.3. The van der Waals surface area contributed by atoms with E-state index in [1.165, 1.54) is 0 Å². The molecule has 1 amide bonds. The number of carbonyl (C=O) groups excluding carboxylic acids is 1. The minimum atomic E-state index is -0.0344. The van der Waals surface area contributed by atoms with Crippen LogP contribution in [-0.4, -0.2) is 18.1 Å². The molecule has 1 aromatic heterocycles. The summed E-state index contributed by atoms with van der Waals surface area (Å²) >= 11 is 1.64. The number of benzene rings is 2. The van der Waals surface area contributed by atoms with Gasteiger partial charge in [-0.2, -0.15) is 0 Å². The van der Waals surface area contributed by atoms with Crippen LogP contribution in [0.4, 0.5) is 5.69 Å². The molecule has 0 saturated heterocycles. The van der Waals surface area contributed by atoms with Crippen molar-refractivity contribution in [3.05, 3.63) is 64.4 Å². The largest absolute Gasteiger partial charge is 0.508 e. The smallest absolute Gasteiger partial charge is 0.225 e. The Morgan fingerprint density at radius 2 is 2.00 bits per heavy atom. The summed E-state index contributed by atoms with van der Waals surface area (Å²) < 4.78 is 5.21. The maximum atomic E-state index is 12.3. The van der Waals surface area contributed by atoms with Gasteiger partial charge in [0.25, 0.3) is 0 Å². The summed E-state index contributed by atoms with van der Waals surface area (Å²) in [6.07, 6.45) is 0.388. The SMILES string of the molecule is COc1ccc(-c2csc3c2NC(=O)C[C@@H]3c2cccc(O)c2)cc1. The van der Waals surface area contributed by atoms with Gasteiger partial charge in [0.05, 0.1) is 12.8 Å². The fourth-order valence-electron chi connectivity index (χ4n) is 3.22. The van der Waals surface area contributed by atoms with Crippen LogP contribution in [-0.2, 0) is 4.79 Å². The molecule has 0 bridgehead atoms. The summed E-state index contributed by atoms with van der Waals surface area (Å²) in [7, 11) is 1.64. The van der Waals surface area contributed by atoms with Gasteiger partial charge in [-0.3, -0.25) is 4.79 Å². The second kappa shape index (κ2) is 6.26. The van der Waals surface area contributed by atoms with Crippen LogP contribution >= 0.6 is 11.3 Å². The molecule has 25 heavy (non-hydrogen) atoms. The number of methoxy groups -OCH3 is 1. The molecular weight excluding hydrogens is 334 g/mol. The van der Waals surface area contributed by atoms with Gasteiger partial charge in [0.1, 0.15) is 11.5 Å². The molecular formula is C20H17NO3S. The molecule has 3 aromatic rings. The molecule has 0 radical (unpaired) electrons. The minimum absolute atomic E-state index is 0.00555. The number of ether oxygens (including phenoxy) is 1. The van der Waals surface area contributed by atoms with E-state index in [0.29, 0.717) is 6.42 Å². The van der Waals surface area contributed by atoms with Crippen molar-refractivity contribution in [3.63, 3.8) is 0 Å². The molecule has 5 heteroatoms. The summed E-state index contributed by atoms with van der Waals surface area (Å²) in [5.74, 6) is 0.980. The molecule has 0 fully saturated rings. The molecule has 0 spiro atoms. The highest BCUT2D eigenvalue weighted by atomic mass is 32.1. The zero-order valence-electron chi connectivity index (χ0n) is 13.7. The van der Waals surface area contributed by atoms with Crippen LogP contribution in [0.25, 0.3) is 11.1 Å². The van der Waals surface area contributed by atoms with Crippen molar-refractivity contribution < 1.29 is 14.6 Å². The number of amides is 1. The standard InChI is InChI=1S/C20H17NO3S/c1-24-15-7-5-12(6-8-15)17-11-25-20-16(10-18(23)21-19(17)20)13-3-2-4-14(22)9-13/h2-9,11,16,22H,10H2,1H3,(H,21,23)/t16-/m1/s1. The van der Waals surface area contributed by atoms with Crippen LogP contribution in [0.1, 0.15) is 22.8 Å². The van der Waals surface area contributed by atoms with E-state index in [9.17, 15) is 9.90 Å². The zero-order chi connectivity index (χ0) is 17.4. The molecule has 0 unspecified atom stereocenters. The molecule has 2 N–H and O–H groups in total. The van der Waals surface area contributed by atoms with E-state index in [-0.39, 0.29) is 17.6 Å². The number of hydrogen-bond acceptors (Lipinski definition) is 4. The predicted molar refractivity (Wildman–Crippen MR) is 99.5 cm³/mol. The topological polar surface area (TPSA) is 58.6 Å². The van der Waals surface area contributed by atoms with Crippen molar-refractivity contribution in [2.75, 3.05) is 12.4 Å². The maximum Gasteiger partial charge on any atom is 0.225 e.